The molecule has 2 unspecified atom stereocenters. The number of amides is 2. The Hall–Kier alpha value is -1.56. The second-order valence-electron chi connectivity index (χ2n) is 4.80. The molecule has 108 valence electrons. The van der Waals surface area contributed by atoms with Crippen LogP contribution in [0.4, 0.5) is 4.39 Å². The lowest BCUT2D eigenvalue weighted by molar-refractivity contribution is -0.128. The number of hydrogen-bond donors (Lipinski definition) is 2. The predicted octanol–water partition coefficient (Wildman–Crippen LogP) is 2.00. The third-order valence-electron chi connectivity index (χ3n) is 3.14. The number of fused-ring (bicyclic) bond motifs is 1. The summed E-state index contributed by atoms with van der Waals surface area (Å²) in [5.74, 6) is 0.0592. The molecule has 2 amide bonds. The molecular weight excluding hydrogens is 279 g/mol. The van der Waals surface area contributed by atoms with Crippen molar-refractivity contribution in [3.8, 4) is 0 Å². The minimum absolute atomic E-state index is 0.203. The Morgan fingerprint density at radius 2 is 2.20 bits per heavy atom. The van der Waals surface area contributed by atoms with E-state index >= 15 is 0 Å². The first-order valence-electron chi connectivity index (χ1n) is 6.47. The molecule has 0 aromatic heterocycles. The summed E-state index contributed by atoms with van der Waals surface area (Å²) in [7, 11) is 0. The van der Waals surface area contributed by atoms with E-state index in [0.717, 1.165) is 22.6 Å². The molecule has 0 radical (unpaired) electrons. The Balaban J connectivity index is 2.10. The summed E-state index contributed by atoms with van der Waals surface area (Å²) in [6.07, 6.45) is 0.750. The molecule has 1 heterocycles. The van der Waals surface area contributed by atoms with Gasteiger partial charge in [0.15, 0.2) is 0 Å². The van der Waals surface area contributed by atoms with Crippen LogP contribution in [0.2, 0.25) is 0 Å². The monoisotopic (exact) mass is 296 g/mol. The van der Waals surface area contributed by atoms with Gasteiger partial charge in [-0.3, -0.25) is 9.59 Å². The van der Waals surface area contributed by atoms with Gasteiger partial charge in [-0.2, -0.15) is 0 Å². The van der Waals surface area contributed by atoms with Crippen LogP contribution in [0.25, 0.3) is 0 Å². The van der Waals surface area contributed by atoms with Gasteiger partial charge in [-0.1, -0.05) is 0 Å². The molecule has 4 nitrogen and oxygen atoms in total. The van der Waals surface area contributed by atoms with Crippen molar-refractivity contribution in [2.24, 2.45) is 0 Å². The second-order valence-corrected chi connectivity index (χ2v) is 5.94. The Morgan fingerprint density at radius 1 is 1.45 bits per heavy atom. The summed E-state index contributed by atoms with van der Waals surface area (Å²) >= 11 is 1.66. The third kappa shape index (κ3) is 3.50. The summed E-state index contributed by atoms with van der Waals surface area (Å²) < 4.78 is 13.4. The highest BCUT2D eigenvalue weighted by Gasteiger charge is 2.24. The van der Waals surface area contributed by atoms with Crippen LogP contribution in [0.5, 0.6) is 0 Å². The quantitative estimate of drug-likeness (QED) is 0.897. The van der Waals surface area contributed by atoms with Gasteiger partial charge in [0, 0.05) is 17.6 Å². The normalized spacial score (nSPS) is 18.9. The highest BCUT2D eigenvalue weighted by atomic mass is 32.2. The van der Waals surface area contributed by atoms with Crippen LogP contribution in [-0.2, 0) is 9.59 Å². The van der Waals surface area contributed by atoms with Crippen LogP contribution in [0.1, 0.15) is 31.9 Å². The van der Waals surface area contributed by atoms with Gasteiger partial charge in [0.1, 0.15) is 11.9 Å². The molecule has 6 heteroatoms. The standard InChI is InChI=1S/C14H17FN2O2S/c1-8(16-9(2)18)14(19)17-12-5-6-20-13-4-3-10(15)7-11(12)13/h3-4,7-8,12H,5-6H2,1-2H3,(H,16,18)(H,17,19). The first-order valence-corrected chi connectivity index (χ1v) is 7.45. The lowest BCUT2D eigenvalue weighted by Gasteiger charge is -2.27. The summed E-state index contributed by atoms with van der Waals surface area (Å²) in [6.45, 7) is 2.99. The number of rotatable bonds is 3. The summed E-state index contributed by atoms with van der Waals surface area (Å²) in [4.78, 5) is 24.0. The van der Waals surface area contributed by atoms with Crippen molar-refractivity contribution < 1.29 is 14.0 Å². The number of halogens is 1. The molecule has 0 saturated heterocycles. The maximum atomic E-state index is 13.4. The van der Waals surface area contributed by atoms with Crippen LogP contribution >= 0.6 is 11.8 Å². The summed E-state index contributed by atoms with van der Waals surface area (Å²) in [5.41, 5.74) is 0.810. The first kappa shape index (κ1) is 14.8. The molecule has 0 bridgehead atoms. The summed E-state index contributed by atoms with van der Waals surface area (Å²) in [5, 5.41) is 5.41. The van der Waals surface area contributed by atoms with E-state index in [2.05, 4.69) is 10.6 Å². The van der Waals surface area contributed by atoms with Crippen molar-refractivity contribution in [1.29, 1.82) is 0 Å². The molecule has 2 atom stereocenters. The summed E-state index contributed by atoms with van der Waals surface area (Å²) in [6, 6.07) is 3.83. The topological polar surface area (TPSA) is 58.2 Å². The fourth-order valence-electron chi connectivity index (χ4n) is 2.18. The van der Waals surface area contributed by atoms with Gasteiger partial charge in [-0.05, 0) is 37.1 Å². The minimum atomic E-state index is -0.598. The van der Waals surface area contributed by atoms with Crippen LogP contribution < -0.4 is 10.6 Å². The fraction of sp³-hybridized carbons (Fsp3) is 0.429. The second kappa shape index (κ2) is 6.26. The van der Waals surface area contributed by atoms with E-state index in [1.807, 2.05) is 0 Å². The zero-order chi connectivity index (χ0) is 14.7. The SMILES string of the molecule is CC(=O)NC(C)C(=O)NC1CCSc2ccc(F)cc21. The number of thioether (sulfide) groups is 1. The smallest absolute Gasteiger partial charge is 0.242 e. The largest absolute Gasteiger partial charge is 0.347 e. The van der Waals surface area contributed by atoms with Crippen molar-refractivity contribution in [1.82, 2.24) is 10.6 Å². The van der Waals surface area contributed by atoms with E-state index in [0.29, 0.717) is 0 Å². The van der Waals surface area contributed by atoms with Crippen LogP contribution in [0, 0.1) is 5.82 Å². The van der Waals surface area contributed by atoms with Gasteiger partial charge in [-0.15, -0.1) is 11.8 Å². The van der Waals surface area contributed by atoms with Crippen molar-refractivity contribution in [3.05, 3.63) is 29.6 Å². The van der Waals surface area contributed by atoms with Gasteiger partial charge in [0.25, 0.3) is 0 Å². The van der Waals surface area contributed by atoms with Crippen molar-refractivity contribution in [3.63, 3.8) is 0 Å². The van der Waals surface area contributed by atoms with Crippen LogP contribution in [0.15, 0.2) is 23.1 Å². The van der Waals surface area contributed by atoms with E-state index in [9.17, 15) is 14.0 Å². The number of carbonyl (C=O) groups is 2. The molecule has 20 heavy (non-hydrogen) atoms. The number of carbonyl (C=O) groups excluding carboxylic acids is 2. The third-order valence-corrected chi connectivity index (χ3v) is 4.26. The highest BCUT2D eigenvalue weighted by molar-refractivity contribution is 7.99. The zero-order valence-corrected chi connectivity index (χ0v) is 12.2. The number of hydrogen-bond acceptors (Lipinski definition) is 3. The Labute approximate surface area is 121 Å². The first-order chi connectivity index (χ1) is 9.47. The van der Waals surface area contributed by atoms with Gasteiger partial charge in [0.2, 0.25) is 11.8 Å². The van der Waals surface area contributed by atoms with Gasteiger partial charge in [-0.25, -0.2) is 4.39 Å². The minimum Gasteiger partial charge on any atom is -0.347 e. The van der Waals surface area contributed by atoms with Gasteiger partial charge < -0.3 is 10.6 Å². The molecule has 1 aromatic rings. The number of benzene rings is 1. The Morgan fingerprint density at radius 3 is 2.90 bits per heavy atom. The molecule has 0 saturated carbocycles. The van der Waals surface area contributed by atoms with Gasteiger partial charge >= 0.3 is 0 Å². The molecule has 2 N–H and O–H groups in total. The lowest BCUT2D eigenvalue weighted by Crippen LogP contribution is -2.45. The van der Waals surface area contributed by atoms with Crippen molar-refractivity contribution in [2.75, 3.05) is 5.75 Å². The number of nitrogens with one attached hydrogen (secondary N) is 2. The van der Waals surface area contributed by atoms with E-state index < -0.39 is 6.04 Å². The zero-order valence-electron chi connectivity index (χ0n) is 11.4. The average molecular weight is 296 g/mol. The molecule has 1 aliphatic heterocycles. The highest BCUT2D eigenvalue weighted by Crippen LogP contribution is 2.36. The van der Waals surface area contributed by atoms with E-state index in [1.165, 1.54) is 19.1 Å². The molecule has 1 aromatic carbocycles. The average Bonchev–Trinajstić information content (AvgIpc) is 2.38. The van der Waals surface area contributed by atoms with Crippen molar-refractivity contribution >= 4 is 23.6 Å². The molecule has 2 rings (SSSR count). The van der Waals surface area contributed by atoms with E-state index in [-0.39, 0.29) is 23.7 Å². The van der Waals surface area contributed by atoms with Crippen LogP contribution in [-0.4, -0.2) is 23.6 Å². The molecular formula is C14H17FN2O2S. The van der Waals surface area contributed by atoms with Crippen LogP contribution in [0.3, 0.4) is 0 Å². The van der Waals surface area contributed by atoms with E-state index in [1.54, 1.807) is 24.8 Å². The maximum absolute atomic E-state index is 13.4. The molecule has 0 fully saturated rings. The van der Waals surface area contributed by atoms with Gasteiger partial charge in [0.05, 0.1) is 6.04 Å². The van der Waals surface area contributed by atoms with Crippen molar-refractivity contribution in [2.45, 2.75) is 37.2 Å². The lowest BCUT2D eigenvalue weighted by atomic mass is 10.0. The molecule has 0 aliphatic carbocycles. The predicted molar refractivity (Wildman–Crippen MR) is 75.9 cm³/mol. The Kier molecular flexibility index (Phi) is 4.65. The van der Waals surface area contributed by atoms with E-state index in [4.69, 9.17) is 0 Å². The molecule has 0 spiro atoms. The fourth-order valence-corrected chi connectivity index (χ4v) is 3.29. The maximum Gasteiger partial charge on any atom is 0.242 e. The Bertz CT molecular complexity index is 536. The molecule has 1 aliphatic rings.